The molecule has 5 nitrogen and oxygen atoms in total. The van der Waals surface area contributed by atoms with Crippen LogP contribution in [0.4, 0.5) is 34.1 Å². The highest BCUT2D eigenvalue weighted by atomic mass is 15.1. The van der Waals surface area contributed by atoms with Gasteiger partial charge in [0.15, 0.2) is 0 Å². The van der Waals surface area contributed by atoms with Gasteiger partial charge in [-0.3, -0.25) is 0 Å². The Kier molecular flexibility index (Phi) is 10.8. The van der Waals surface area contributed by atoms with Gasteiger partial charge < -0.3 is 14.2 Å². The maximum Gasteiger partial charge on any atom is 0.0991 e. The molecule has 0 radical (unpaired) electrons. The van der Waals surface area contributed by atoms with Crippen LogP contribution in [0.3, 0.4) is 0 Å². The fourth-order valence-electron chi connectivity index (χ4n) is 10.9. The summed E-state index contributed by atoms with van der Waals surface area (Å²) in [5.74, 6) is 0.837. The predicted octanol–water partition coefficient (Wildman–Crippen LogP) is 19.0. The van der Waals surface area contributed by atoms with Crippen LogP contribution in [0.1, 0.15) is 88.1 Å². The average Bonchev–Trinajstić information content (AvgIpc) is 3.90. The van der Waals surface area contributed by atoms with Crippen LogP contribution < -0.4 is 9.80 Å². The van der Waals surface area contributed by atoms with Crippen molar-refractivity contribution in [1.29, 1.82) is 10.5 Å². The van der Waals surface area contributed by atoms with E-state index in [1.807, 2.05) is 48.5 Å². The van der Waals surface area contributed by atoms with Gasteiger partial charge in [0.25, 0.3) is 0 Å². The lowest BCUT2D eigenvalue weighted by atomic mass is 9.86. The van der Waals surface area contributed by atoms with E-state index < -0.39 is 0 Å². The van der Waals surface area contributed by atoms with E-state index in [1.54, 1.807) is 0 Å². The molecule has 0 unspecified atom stereocenters. The van der Waals surface area contributed by atoms with Gasteiger partial charge in [-0.05, 0) is 200 Å². The second-order valence-electron chi connectivity index (χ2n) is 21.4. The summed E-state index contributed by atoms with van der Waals surface area (Å²) in [6.07, 6.45) is 0. The Balaban J connectivity index is 1.08. The summed E-state index contributed by atoms with van der Waals surface area (Å²) in [6, 6.07) is 75.1. The van der Waals surface area contributed by atoms with Crippen molar-refractivity contribution in [2.75, 3.05) is 9.80 Å². The largest absolute Gasteiger partial charge is 0.310 e. The van der Waals surface area contributed by atoms with Gasteiger partial charge in [-0.25, -0.2) is 0 Å². The number of hydrogen-bond donors (Lipinski definition) is 0. The molecular formula is C68H55N5. The molecule has 5 heteroatoms. The zero-order valence-electron chi connectivity index (χ0n) is 42.4. The van der Waals surface area contributed by atoms with Crippen molar-refractivity contribution in [3.63, 3.8) is 0 Å². The average molecular weight is 942 g/mol. The van der Waals surface area contributed by atoms with E-state index in [0.29, 0.717) is 23.0 Å². The van der Waals surface area contributed by atoms with E-state index in [0.717, 1.165) is 55.9 Å². The minimum absolute atomic E-state index is 0.0552. The molecular weight excluding hydrogens is 887 g/mol. The van der Waals surface area contributed by atoms with Gasteiger partial charge in [-0.1, -0.05) is 109 Å². The van der Waals surface area contributed by atoms with Crippen LogP contribution in [0, 0.1) is 22.7 Å². The zero-order chi connectivity index (χ0) is 50.3. The Labute approximate surface area is 427 Å². The molecule has 2 heterocycles. The normalized spacial score (nSPS) is 12.0. The van der Waals surface area contributed by atoms with Crippen LogP contribution in [0.2, 0.25) is 0 Å². The van der Waals surface area contributed by atoms with Gasteiger partial charge in [-0.15, -0.1) is 0 Å². The van der Waals surface area contributed by atoms with E-state index in [-0.39, 0.29) is 5.41 Å². The molecule has 0 aliphatic heterocycles. The van der Waals surface area contributed by atoms with Gasteiger partial charge in [0.1, 0.15) is 0 Å². The van der Waals surface area contributed by atoms with Crippen molar-refractivity contribution in [2.45, 2.75) is 65.7 Å². The molecule has 0 atom stereocenters. The van der Waals surface area contributed by atoms with Gasteiger partial charge in [0.05, 0.1) is 39.8 Å². The van der Waals surface area contributed by atoms with Crippen molar-refractivity contribution in [3.05, 3.63) is 222 Å². The number of nitriles is 2. The first-order chi connectivity index (χ1) is 35.3. The fraction of sp³-hybridized carbons (Fsp3) is 0.147. The van der Waals surface area contributed by atoms with E-state index >= 15 is 0 Å². The standard InChI is InChI=1S/C68H55N5/c1-42(2)46-14-26-57(27-15-46)71(55-22-8-44(40-69)9-23-55)59-30-18-49-34-61-63-36-53(48-12-20-54(21-13-48)68(5,6)7)37-64-62-35-50-19-31-60(33-52(50)39-66(62)73(67(63)64)65(61)38-51(49)32-59)72(56-24-10-45(41-70)11-25-56)58-28-16-47(17-29-58)43(3)4/h8-39,42-43H,1-7H3. The van der Waals surface area contributed by atoms with Gasteiger partial charge >= 0.3 is 0 Å². The number of hydrogen-bond acceptors (Lipinski definition) is 4. The Bertz CT molecular complexity index is 3920. The molecule has 2 aromatic heterocycles. The van der Waals surface area contributed by atoms with Crippen molar-refractivity contribution < 1.29 is 0 Å². The minimum atomic E-state index is 0.0552. The third-order valence-corrected chi connectivity index (χ3v) is 15.0. The molecule has 0 spiro atoms. The topological polar surface area (TPSA) is 58.5 Å². The van der Waals surface area contributed by atoms with E-state index in [4.69, 9.17) is 0 Å². The summed E-state index contributed by atoms with van der Waals surface area (Å²) in [5, 5.41) is 28.9. The summed E-state index contributed by atoms with van der Waals surface area (Å²) >= 11 is 0. The van der Waals surface area contributed by atoms with Crippen LogP contribution >= 0.6 is 0 Å². The number of rotatable bonds is 9. The highest BCUT2D eigenvalue weighted by molar-refractivity contribution is 6.27. The molecule has 352 valence electrons. The Morgan fingerprint density at radius 2 is 0.767 bits per heavy atom. The molecule has 0 aliphatic carbocycles. The highest BCUT2D eigenvalue weighted by Gasteiger charge is 2.23. The SMILES string of the molecule is CC(C)c1ccc(N(c2ccc(C#N)cc2)c2ccc3cc4c5cc(-c6ccc(C(C)(C)C)cc6)cc6c7cc8ccc(N(c9ccc(C#N)cc9)c9ccc(C(C)C)cc9)cc8cc7n(c4cc3c2)c56)cc1. The smallest absolute Gasteiger partial charge is 0.0991 e. The first kappa shape index (κ1) is 45.3. The number of benzene rings is 10. The molecule has 0 fully saturated rings. The van der Waals surface area contributed by atoms with Gasteiger partial charge in [0, 0.05) is 55.7 Å². The lowest BCUT2D eigenvalue weighted by Crippen LogP contribution is -2.10. The Hall–Kier alpha value is -8.90. The molecule has 0 aliphatic rings. The van der Waals surface area contributed by atoms with Gasteiger partial charge in [-0.2, -0.15) is 10.5 Å². The molecule has 12 rings (SSSR count). The van der Waals surface area contributed by atoms with Gasteiger partial charge in [0.2, 0.25) is 0 Å². The summed E-state index contributed by atoms with van der Waals surface area (Å²) in [6.45, 7) is 15.7. The van der Waals surface area contributed by atoms with Crippen LogP contribution in [0.15, 0.2) is 194 Å². The predicted molar refractivity (Wildman–Crippen MR) is 307 cm³/mol. The molecule has 0 saturated heterocycles. The molecule has 73 heavy (non-hydrogen) atoms. The van der Waals surface area contributed by atoms with Crippen molar-refractivity contribution in [2.24, 2.45) is 0 Å². The molecule has 0 N–H and O–H groups in total. The number of fused-ring (bicyclic) bond motifs is 8. The van der Waals surface area contributed by atoms with E-state index in [2.05, 4.69) is 220 Å². The third-order valence-electron chi connectivity index (χ3n) is 15.0. The first-order valence-corrected chi connectivity index (χ1v) is 25.4. The summed E-state index contributed by atoms with van der Waals surface area (Å²) in [4.78, 5) is 4.58. The third kappa shape index (κ3) is 7.86. The summed E-state index contributed by atoms with van der Waals surface area (Å²) in [5.41, 5.74) is 17.3. The maximum absolute atomic E-state index is 9.69. The zero-order valence-corrected chi connectivity index (χ0v) is 42.4. The fourth-order valence-corrected chi connectivity index (χ4v) is 10.9. The van der Waals surface area contributed by atoms with Crippen LogP contribution in [-0.2, 0) is 5.41 Å². The second-order valence-corrected chi connectivity index (χ2v) is 21.4. The van der Waals surface area contributed by atoms with E-state index in [9.17, 15) is 10.5 Å². The highest BCUT2D eigenvalue weighted by Crippen LogP contribution is 2.46. The first-order valence-electron chi connectivity index (χ1n) is 25.4. The summed E-state index contributed by atoms with van der Waals surface area (Å²) < 4.78 is 2.51. The number of nitrogens with zero attached hydrogens (tertiary/aromatic N) is 5. The minimum Gasteiger partial charge on any atom is -0.310 e. The Morgan fingerprint density at radius 3 is 1.14 bits per heavy atom. The quantitative estimate of drug-likeness (QED) is 0.145. The van der Waals surface area contributed by atoms with Crippen LogP contribution in [-0.4, -0.2) is 4.40 Å². The van der Waals surface area contributed by atoms with Crippen molar-refractivity contribution in [3.8, 4) is 23.3 Å². The molecule has 0 amide bonds. The van der Waals surface area contributed by atoms with Crippen molar-refractivity contribution in [1.82, 2.24) is 4.40 Å². The lowest BCUT2D eigenvalue weighted by molar-refractivity contribution is 0.590. The lowest BCUT2D eigenvalue weighted by Gasteiger charge is -2.26. The molecule has 12 aromatic rings. The van der Waals surface area contributed by atoms with Crippen LogP contribution in [0.25, 0.3) is 70.8 Å². The van der Waals surface area contributed by atoms with E-state index in [1.165, 1.54) is 65.7 Å². The number of anilines is 6. The second kappa shape index (κ2) is 17.4. The molecule has 10 aromatic carbocycles. The molecule has 0 bridgehead atoms. The van der Waals surface area contributed by atoms with Crippen molar-refractivity contribution >= 4 is 93.8 Å². The molecule has 0 saturated carbocycles. The summed E-state index contributed by atoms with van der Waals surface area (Å²) in [7, 11) is 0. The maximum atomic E-state index is 9.69. The van der Waals surface area contributed by atoms with Crippen LogP contribution in [0.5, 0.6) is 0 Å². The monoisotopic (exact) mass is 941 g/mol. The number of aromatic nitrogens is 1. The Morgan fingerprint density at radius 1 is 0.384 bits per heavy atom.